The molecule has 3 heterocycles. The zero-order chi connectivity index (χ0) is 22.1. The van der Waals surface area contributed by atoms with E-state index in [4.69, 9.17) is 9.84 Å². The van der Waals surface area contributed by atoms with E-state index in [0.717, 1.165) is 17.3 Å². The summed E-state index contributed by atoms with van der Waals surface area (Å²) in [6.07, 6.45) is 1.31. The van der Waals surface area contributed by atoms with Crippen LogP contribution in [-0.2, 0) is 17.9 Å². The average molecular weight is 432 g/mol. The molecular formula is C21H33N5O3Si. The third-order valence-corrected chi connectivity index (χ3v) is 7.07. The summed E-state index contributed by atoms with van der Waals surface area (Å²) in [4.78, 5) is 13.6. The third-order valence-electron chi connectivity index (χ3n) is 5.36. The van der Waals surface area contributed by atoms with Crippen LogP contribution in [0, 0.1) is 5.41 Å². The Morgan fingerprint density at radius 2 is 2.07 bits per heavy atom. The van der Waals surface area contributed by atoms with Gasteiger partial charge in [-0.1, -0.05) is 40.4 Å². The lowest BCUT2D eigenvalue weighted by molar-refractivity contribution is 0.0648. The summed E-state index contributed by atoms with van der Waals surface area (Å²) >= 11 is 0. The Labute approximate surface area is 179 Å². The summed E-state index contributed by atoms with van der Waals surface area (Å²) in [5, 5.41) is 23.0. The Bertz CT molecular complexity index is 887. The molecule has 2 aromatic rings. The third kappa shape index (κ3) is 4.89. The fraction of sp³-hybridized carbons (Fsp3) is 0.619. The number of ether oxygens (including phenoxy) is 1. The second kappa shape index (κ2) is 8.47. The lowest BCUT2D eigenvalue weighted by atomic mass is 9.78. The van der Waals surface area contributed by atoms with E-state index < -0.39 is 14.2 Å². The maximum atomic E-state index is 12.0. The quantitative estimate of drug-likeness (QED) is 0.542. The molecule has 1 N–H and O–H groups in total. The van der Waals surface area contributed by atoms with Gasteiger partial charge in [0.2, 0.25) is 0 Å². The molecule has 30 heavy (non-hydrogen) atoms. The van der Waals surface area contributed by atoms with Gasteiger partial charge < -0.3 is 14.7 Å². The van der Waals surface area contributed by atoms with E-state index in [1.807, 2.05) is 16.8 Å². The summed E-state index contributed by atoms with van der Waals surface area (Å²) in [7, 11) is -1.17. The van der Waals surface area contributed by atoms with E-state index in [2.05, 4.69) is 50.6 Å². The largest absolute Gasteiger partial charge is 0.465 e. The molecule has 2 aromatic heterocycles. The van der Waals surface area contributed by atoms with Crippen LogP contribution in [0.2, 0.25) is 25.7 Å². The summed E-state index contributed by atoms with van der Waals surface area (Å²) in [5.41, 5.74) is 2.98. The average Bonchev–Trinajstić information content (AvgIpc) is 3.02. The highest BCUT2D eigenvalue weighted by molar-refractivity contribution is 6.76. The van der Waals surface area contributed by atoms with Crippen LogP contribution >= 0.6 is 0 Å². The molecule has 1 amide bonds. The lowest BCUT2D eigenvalue weighted by Gasteiger charge is -2.42. The van der Waals surface area contributed by atoms with Crippen LogP contribution in [-0.4, -0.2) is 57.3 Å². The van der Waals surface area contributed by atoms with Crippen LogP contribution in [0.1, 0.15) is 38.1 Å². The Morgan fingerprint density at radius 3 is 2.63 bits per heavy atom. The molecule has 0 radical (unpaired) electrons. The summed E-state index contributed by atoms with van der Waals surface area (Å²) < 4.78 is 7.87. The topological polar surface area (TPSA) is 93.4 Å². The predicted molar refractivity (Wildman–Crippen MR) is 118 cm³/mol. The van der Waals surface area contributed by atoms with Gasteiger partial charge in [0.1, 0.15) is 18.1 Å². The minimum atomic E-state index is -1.17. The van der Waals surface area contributed by atoms with E-state index >= 15 is 0 Å². The Kier molecular flexibility index (Phi) is 6.33. The second-order valence-electron chi connectivity index (χ2n) is 10.2. The molecule has 0 bridgehead atoms. The standard InChI is InChI=1S/C21H33N5O3Si/c1-21(2,3)19-17-16(9-11-25(19)20(27)28)26(14-29-12-13-30(4,5)6)24-18(17)15-8-7-10-22-23-15/h7-8,10,19H,9,11-14H2,1-6H3,(H,27,28). The van der Waals surface area contributed by atoms with Crippen LogP contribution < -0.4 is 0 Å². The van der Waals surface area contributed by atoms with E-state index in [1.165, 1.54) is 4.90 Å². The highest BCUT2D eigenvalue weighted by Crippen LogP contribution is 2.45. The molecule has 0 aliphatic carbocycles. The Morgan fingerprint density at radius 1 is 1.33 bits per heavy atom. The summed E-state index contributed by atoms with van der Waals surface area (Å²) in [6.45, 7) is 14.7. The Hall–Kier alpha value is -2.26. The van der Waals surface area contributed by atoms with Gasteiger partial charge in [0.15, 0.2) is 0 Å². The molecule has 1 unspecified atom stereocenters. The molecule has 1 atom stereocenters. The van der Waals surface area contributed by atoms with Crippen molar-refractivity contribution in [2.24, 2.45) is 5.41 Å². The van der Waals surface area contributed by atoms with Crippen molar-refractivity contribution >= 4 is 14.2 Å². The zero-order valence-corrected chi connectivity index (χ0v) is 19.8. The smallest absolute Gasteiger partial charge is 0.407 e. The molecule has 0 fully saturated rings. The lowest BCUT2D eigenvalue weighted by Crippen LogP contribution is -2.45. The van der Waals surface area contributed by atoms with Gasteiger partial charge in [-0.2, -0.15) is 10.2 Å². The van der Waals surface area contributed by atoms with Crippen LogP contribution in [0.15, 0.2) is 18.3 Å². The highest BCUT2D eigenvalue weighted by Gasteiger charge is 2.43. The first kappa shape index (κ1) is 22.4. The molecule has 0 aromatic carbocycles. The van der Waals surface area contributed by atoms with Crippen molar-refractivity contribution in [3.05, 3.63) is 29.6 Å². The molecule has 8 nitrogen and oxygen atoms in total. The highest BCUT2D eigenvalue weighted by atomic mass is 28.3. The zero-order valence-electron chi connectivity index (χ0n) is 18.8. The maximum absolute atomic E-state index is 12.0. The first-order valence-corrected chi connectivity index (χ1v) is 14.1. The van der Waals surface area contributed by atoms with E-state index in [-0.39, 0.29) is 11.5 Å². The SMILES string of the molecule is CC(C)(C)C1c2c(-c3cccnn3)nn(COCC[Si](C)(C)C)c2CCN1C(=O)O. The van der Waals surface area contributed by atoms with Crippen molar-refractivity contribution in [3.63, 3.8) is 0 Å². The molecule has 1 aliphatic rings. The van der Waals surface area contributed by atoms with Gasteiger partial charge in [0.25, 0.3) is 0 Å². The number of nitrogens with zero attached hydrogens (tertiary/aromatic N) is 5. The fourth-order valence-electron chi connectivity index (χ4n) is 3.93. The minimum absolute atomic E-state index is 0.308. The van der Waals surface area contributed by atoms with E-state index in [0.29, 0.717) is 37.7 Å². The van der Waals surface area contributed by atoms with Crippen LogP contribution in [0.4, 0.5) is 4.79 Å². The molecule has 0 saturated carbocycles. The van der Waals surface area contributed by atoms with Gasteiger partial charge in [0.05, 0.1) is 6.04 Å². The second-order valence-corrected chi connectivity index (χ2v) is 15.8. The number of fused-ring (bicyclic) bond motifs is 1. The first-order chi connectivity index (χ1) is 14.0. The summed E-state index contributed by atoms with van der Waals surface area (Å²) in [6, 6.07) is 4.45. The maximum Gasteiger partial charge on any atom is 0.407 e. The molecule has 1 aliphatic heterocycles. The molecule has 3 rings (SSSR count). The number of amides is 1. The molecule has 164 valence electrons. The van der Waals surface area contributed by atoms with E-state index in [9.17, 15) is 9.90 Å². The van der Waals surface area contributed by atoms with Crippen molar-refractivity contribution in [3.8, 4) is 11.4 Å². The summed E-state index contributed by atoms with van der Waals surface area (Å²) in [5.74, 6) is 0. The number of carboxylic acid groups (broad SMARTS) is 1. The number of carbonyl (C=O) groups is 1. The van der Waals surface area contributed by atoms with Crippen LogP contribution in [0.3, 0.4) is 0 Å². The minimum Gasteiger partial charge on any atom is -0.465 e. The van der Waals surface area contributed by atoms with Crippen molar-refractivity contribution in [2.45, 2.75) is 65.6 Å². The normalized spacial score (nSPS) is 17.1. The number of rotatable bonds is 6. The van der Waals surface area contributed by atoms with Gasteiger partial charge in [-0.25, -0.2) is 9.48 Å². The van der Waals surface area contributed by atoms with Crippen molar-refractivity contribution in [1.82, 2.24) is 24.9 Å². The number of hydrogen-bond donors (Lipinski definition) is 1. The predicted octanol–water partition coefficient (Wildman–Crippen LogP) is 4.28. The number of aromatic nitrogens is 4. The van der Waals surface area contributed by atoms with Gasteiger partial charge >= 0.3 is 6.09 Å². The van der Waals surface area contributed by atoms with Gasteiger partial charge in [-0.05, 0) is 23.6 Å². The van der Waals surface area contributed by atoms with Gasteiger partial charge in [-0.3, -0.25) is 0 Å². The van der Waals surface area contributed by atoms with Gasteiger partial charge in [-0.15, -0.1) is 5.10 Å². The monoisotopic (exact) mass is 431 g/mol. The molecule has 9 heteroatoms. The van der Waals surface area contributed by atoms with Crippen molar-refractivity contribution < 1.29 is 14.6 Å². The molecular weight excluding hydrogens is 398 g/mol. The van der Waals surface area contributed by atoms with Crippen LogP contribution in [0.5, 0.6) is 0 Å². The van der Waals surface area contributed by atoms with E-state index in [1.54, 1.807) is 6.20 Å². The van der Waals surface area contributed by atoms with Crippen molar-refractivity contribution in [1.29, 1.82) is 0 Å². The molecule has 0 saturated heterocycles. The molecule has 0 spiro atoms. The van der Waals surface area contributed by atoms with Crippen molar-refractivity contribution in [2.75, 3.05) is 13.2 Å². The fourth-order valence-corrected chi connectivity index (χ4v) is 4.69. The van der Waals surface area contributed by atoms with Gasteiger partial charge in [0, 0.05) is 45.1 Å². The number of hydrogen-bond acceptors (Lipinski definition) is 5. The van der Waals surface area contributed by atoms with Crippen LogP contribution in [0.25, 0.3) is 11.4 Å². The Balaban J connectivity index is 2.03. The first-order valence-electron chi connectivity index (χ1n) is 10.4.